The van der Waals surface area contributed by atoms with Crippen LogP contribution in [0.2, 0.25) is 5.02 Å². The van der Waals surface area contributed by atoms with Crippen molar-refractivity contribution in [2.75, 3.05) is 13.7 Å². The second-order valence-corrected chi connectivity index (χ2v) is 4.92. The first-order valence-electron chi connectivity index (χ1n) is 5.75. The van der Waals surface area contributed by atoms with Crippen LogP contribution in [0, 0.1) is 5.92 Å². The monoisotopic (exact) mass is 253 g/mol. The molecular weight excluding hydrogens is 238 g/mol. The Labute approximate surface area is 106 Å². The van der Waals surface area contributed by atoms with Crippen molar-refractivity contribution in [2.45, 2.75) is 18.9 Å². The summed E-state index contributed by atoms with van der Waals surface area (Å²) in [6.45, 7) is 0.0921. The number of aliphatic hydroxyl groups is 1. The van der Waals surface area contributed by atoms with Crippen LogP contribution in [0.3, 0.4) is 0 Å². The Balaban J connectivity index is 2.34. The van der Waals surface area contributed by atoms with E-state index in [2.05, 4.69) is 0 Å². The Morgan fingerprint density at radius 2 is 2.29 bits per heavy atom. The summed E-state index contributed by atoms with van der Waals surface area (Å²) in [6, 6.07) is 7.43. The van der Waals surface area contributed by atoms with E-state index in [9.17, 15) is 9.90 Å². The number of aliphatic hydroxyl groups excluding tert-OH is 1. The van der Waals surface area contributed by atoms with Gasteiger partial charge in [-0.2, -0.15) is 0 Å². The Morgan fingerprint density at radius 1 is 1.53 bits per heavy atom. The van der Waals surface area contributed by atoms with Crippen molar-refractivity contribution >= 4 is 17.5 Å². The van der Waals surface area contributed by atoms with Gasteiger partial charge in [0.1, 0.15) is 0 Å². The first kappa shape index (κ1) is 12.4. The smallest absolute Gasteiger partial charge is 0.222 e. The quantitative estimate of drug-likeness (QED) is 0.878. The zero-order valence-electron chi connectivity index (χ0n) is 9.77. The lowest BCUT2D eigenvalue weighted by atomic mass is 9.85. The van der Waals surface area contributed by atoms with E-state index in [4.69, 9.17) is 11.6 Å². The number of amides is 1. The molecular formula is C13H16ClNO2. The zero-order chi connectivity index (χ0) is 12.4. The van der Waals surface area contributed by atoms with Gasteiger partial charge in [0, 0.05) is 31.0 Å². The fraction of sp³-hybridized carbons (Fsp3) is 0.462. The van der Waals surface area contributed by atoms with E-state index in [1.54, 1.807) is 11.9 Å². The average molecular weight is 254 g/mol. The minimum Gasteiger partial charge on any atom is -0.396 e. The molecule has 1 N–H and O–H groups in total. The first-order chi connectivity index (χ1) is 8.13. The number of hydrogen-bond donors (Lipinski definition) is 1. The molecule has 17 heavy (non-hydrogen) atoms. The molecule has 0 aliphatic carbocycles. The Morgan fingerprint density at radius 3 is 2.94 bits per heavy atom. The lowest BCUT2D eigenvalue weighted by Crippen LogP contribution is -2.41. The molecule has 1 aromatic carbocycles. The van der Waals surface area contributed by atoms with Crippen LogP contribution >= 0.6 is 11.6 Å². The van der Waals surface area contributed by atoms with Gasteiger partial charge in [-0.15, -0.1) is 0 Å². The summed E-state index contributed by atoms with van der Waals surface area (Å²) in [4.78, 5) is 13.5. The second-order valence-electron chi connectivity index (χ2n) is 4.49. The maximum absolute atomic E-state index is 11.7. The predicted molar refractivity (Wildman–Crippen MR) is 66.8 cm³/mol. The van der Waals surface area contributed by atoms with Crippen LogP contribution < -0.4 is 0 Å². The molecule has 1 aromatic rings. The van der Waals surface area contributed by atoms with Gasteiger partial charge in [-0.05, 0) is 24.1 Å². The van der Waals surface area contributed by atoms with E-state index >= 15 is 0 Å². The molecule has 1 aliphatic rings. The van der Waals surface area contributed by atoms with Crippen LogP contribution in [0.25, 0.3) is 0 Å². The molecule has 3 nitrogen and oxygen atoms in total. The number of rotatable bonds is 2. The summed E-state index contributed by atoms with van der Waals surface area (Å²) in [6.07, 6.45) is 1.25. The van der Waals surface area contributed by atoms with Crippen LogP contribution in [0.15, 0.2) is 24.3 Å². The molecule has 1 saturated heterocycles. The van der Waals surface area contributed by atoms with Gasteiger partial charge < -0.3 is 10.0 Å². The van der Waals surface area contributed by atoms with E-state index in [0.717, 1.165) is 12.0 Å². The van der Waals surface area contributed by atoms with Crippen LogP contribution in [0.4, 0.5) is 0 Å². The number of halogens is 1. The molecule has 1 aliphatic heterocycles. The van der Waals surface area contributed by atoms with E-state index in [1.807, 2.05) is 24.3 Å². The molecule has 0 bridgehead atoms. The van der Waals surface area contributed by atoms with Crippen molar-refractivity contribution in [1.29, 1.82) is 0 Å². The molecule has 1 heterocycles. The van der Waals surface area contributed by atoms with E-state index in [1.165, 1.54) is 0 Å². The number of hydrogen-bond acceptors (Lipinski definition) is 2. The number of carbonyl (C=O) groups is 1. The number of piperidine rings is 1. The van der Waals surface area contributed by atoms with Crippen molar-refractivity contribution in [1.82, 2.24) is 4.90 Å². The Hall–Kier alpha value is -1.06. The highest BCUT2D eigenvalue weighted by molar-refractivity contribution is 6.30. The van der Waals surface area contributed by atoms with E-state index in [0.29, 0.717) is 11.4 Å². The maximum Gasteiger partial charge on any atom is 0.222 e. The molecule has 0 spiro atoms. The molecule has 1 amide bonds. The third-order valence-electron chi connectivity index (χ3n) is 3.41. The first-order valence-corrected chi connectivity index (χ1v) is 6.13. The Bertz CT molecular complexity index is 422. The summed E-state index contributed by atoms with van der Waals surface area (Å²) in [5, 5.41) is 10.1. The number of carbonyl (C=O) groups excluding carboxylic acids is 1. The number of nitrogens with zero attached hydrogens (tertiary/aromatic N) is 1. The van der Waals surface area contributed by atoms with Crippen molar-refractivity contribution < 1.29 is 9.90 Å². The zero-order valence-corrected chi connectivity index (χ0v) is 10.5. The number of benzene rings is 1. The molecule has 0 aromatic heterocycles. The molecule has 1 fully saturated rings. The average Bonchev–Trinajstić information content (AvgIpc) is 2.32. The molecule has 92 valence electrons. The van der Waals surface area contributed by atoms with Gasteiger partial charge >= 0.3 is 0 Å². The Kier molecular flexibility index (Phi) is 3.69. The molecule has 2 atom stereocenters. The third-order valence-corrected chi connectivity index (χ3v) is 3.65. The molecule has 0 saturated carbocycles. The van der Waals surface area contributed by atoms with Gasteiger partial charge in [0.05, 0.1) is 6.04 Å². The minimum atomic E-state index is -0.0695. The summed E-state index contributed by atoms with van der Waals surface area (Å²) < 4.78 is 0. The van der Waals surface area contributed by atoms with Crippen LogP contribution in [-0.2, 0) is 4.79 Å². The highest BCUT2D eigenvalue weighted by atomic mass is 35.5. The van der Waals surface area contributed by atoms with Gasteiger partial charge in [-0.1, -0.05) is 23.7 Å². The van der Waals surface area contributed by atoms with Gasteiger partial charge in [-0.3, -0.25) is 4.79 Å². The van der Waals surface area contributed by atoms with Gasteiger partial charge in [-0.25, -0.2) is 0 Å². The van der Waals surface area contributed by atoms with Crippen LogP contribution in [-0.4, -0.2) is 29.6 Å². The van der Waals surface area contributed by atoms with Gasteiger partial charge in [0.15, 0.2) is 0 Å². The molecule has 0 unspecified atom stereocenters. The predicted octanol–water partition coefficient (Wildman–Crippen LogP) is 2.24. The lowest BCUT2D eigenvalue weighted by Gasteiger charge is -2.38. The minimum absolute atomic E-state index is 0.0695. The summed E-state index contributed by atoms with van der Waals surface area (Å²) in [5.41, 5.74) is 0.993. The van der Waals surface area contributed by atoms with Crippen LogP contribution in [0.5, 0.6) is 0 Å². The highest BCUT2D eigenvalue weighted by Gasteiger charge is 2.34. The highest BCUT2D eigenvalue weighted by Crippen LogP contribution is 2.35. The fourth-order valence-electron chi connectivity index (χ4n) is 2.49. The summed E-state index contributed by atoms with van der Waals surface area (Å²) in [5.74, 6) is 0.218. The second kappa shape index (κ2) is 5.07. The molecule has 2 rings (SSSR count). The van der Waals surface area contributed by atoms with Crippen molar-refractivity contribution in [3.8, 4) is 0 Å². The van der Waals surface area contributed by atoms with Gasteiger partial charge in [0.2, 0.25) is 5.91 Å². The SMILES string of the molecule is CN1C(=O)CC[C@H](CO)[C@H]1c1cccc(Cl)c1. The third kappa shape index (κ3) is 2.45. The molecule has 4 heteroatoms. The topological polar surface area (TPSA) is 40.5 Å². The number of likely N-dealkylation sites (tertiary alicyclic amines) is 1. The maximum atomic E-state index is 11.7. The van der Waals surface area contributed by atoms with Gasteiger partial charge in [0.25, 0.3) is 0 Å². The summed E-state index contributed by atoms with van der Waals surface area (Å²) in [7, 11) is 1.79. The fourth-order valence-corrected chi connectivity index (χ4v) is 2.69. The van der Waals surface area contributed by atoms with Crippen molar-refractivity contribution in [3.05, 3.63) is 34.9 Å². The van der Waals surface area contributed by atoms with Crippen LogP contribution in [0.1, 0.15) is 24.4 Å². The largest absolute Gasteiger partial charge is 0.396 e. The molecule has 0 radical (unpaired) electrons. The lowest BCUT2D eigenvalue weighted by molar-refractivity contribution is -0.137. The van der Waals surface area contributed by atoms with E-state index < -0.39 is 0 Å². The standard InChI is InChI=1S/C13H16ClNO2/c1-15-12(17)6-5-10(8-16)13(15)9-3-2-4-11(14)7-9/h2-4,7,10,13,16H,5-6,8H2,1H3/t10-,13-/m1/s1. The normalized spacial score (nSPS) is 25.1. The van der Waals surface area contributed by atoms with Crippen molar-refractivity contribution in [3.63, 3.8) is 0 Å². The van der Waals surface area contributed by atoms with E-state index in [-0.39, 0.29) is 24.5 Å². The van der Waals surface area contributed by atoms with Crippen molar-refractivity contribution in [2.24, 2.45) is 5.92 Å². The summed E-state index contributed by atoms with van der Waals surface area (Å²) >= 11 is 5.97.